The van der Waals surface area contributed by atoms with Gasteiger partial charge in [-0.3, -0.25) is 0 Å². The fraction of sp³-hybridized carbons (Fsp3) is 0.333. The molecule has 0 aromatic heterocycles. The molecular formula is C18H22ClNO. The third kappa shape index (κ3) is 4.48. The lowest BCUT2D eigenvalue weighted by Crippen LogP contribution is -2.21. The molecule has 2 nitrogen and oxygen atoms in total. The first-order valence-corrected chi connectivity index (χ1v) is 7.66. The van der Waals surface area contributed by atoms with Gasteiger partial charge in [-0.2, -0.15) is 0 Å². The number of halogens is 1. The molecule has 0 saturated carbocycles. The Hall–Kier alpha value is -1.51. The molecule has 21 heavy (non-hydrogen) atoms. The number of aryl methyl sites for hydroxylation is 2. The van der Waals surface area contributed by atoms with E-state index in [1.165, 1.54) is 11.1 Å². The van der Waals surface area contributed by atoms with Crippen LogP contribution in [-0.4, -0.2) is 6.04 Å². The van der Waals surface area contributed by atoms with Gasteiger partial charge in [-0.25, -0.2) is 0 Å². The highest BCUT2D eigenvalue weighted by Gasteiger charge is 2.08. The molecule has 2 rings (SSSR count). The van der Waals surface area contributed by atoms with Crippen molar-refractivity contribution >= 4 is 11.6 Å². The van der Waals surface area contributed by atoms with Crippen molar-refractivity contribution in [1.82, 2.24) is 0 Å². The van der Waals surface area contributed by atoms with Crippen LogP contribution in [-0.2, 0) is 6.42 Å². The van der Waals surface area contributed by atoms with Gasteiger partial charge in [0, 0.05) is 11.1 Å². The molecule has 0 amide bonds. The summed E-state index contributed by atoms with van der Waals surface area (Å²) < 4.78 is 5.89. The predicted octanol–water partition coefficient (Wildman–Crippen LogP) is 5.03. The minimum Gasteiger partial charge on any atom is -0.457 e. The van der Waals surface area contributed by atoms with E-state index in [1.807, 2.05) is 30.3 Å². The molecule has 0 bridgehead atoms. The van der Waals surface area contributed by atoms with E-state index in [4.69, 9.17) is 22.1 Å². The lowest BCUT2D eigenvalue weighted by atomic mass is 10.0. The fourth-order valence-electron chi connectivity index (χ4n) is 2.31. The standard InChI is InChI=1S/C18H22ClNO/c1-4-15(20)10-14-5-6-16(11-18(14)19)21-17-8-12(2)7-13(3)9-17/h5-9,11,15H,4,10,20H2,1-3H3. The van der Waals surface area contributed by atoms with Gasteiger partial charge in [0.05, 0.1) is 0 Å². The van der Waals surface area contributed by atoms with Crippen LogP contribution in [0.3, 0.4) is 0 Å². The largest absolute Gasteiger partial charge is 0.457 e. The quantitative estimate of drug-likeness (QED) is 0.841. The third-order valence-corrected chi connectivity index (χ3v) is 3.81. The van der Waals surface area contributed by atoms with Crippen LogP contribution in [0.5, 0.6) is 11.5 Å². The summed E-state index contributed by atoms with van der Waals surface area (Å²) in [5, 5.41) is 0.709. The average molecular weight is 304 g/mol. The summed E-state index contributed by atoms with van der Waals surface area (Å²) in [4.78, 5) is 0. The Kier molecular flexibility index (Phi) is 5.27. The molecule has 112 valence electrons. The van der Waals surface area contributed by atoms with Crippen LogP contribution in [0, 0.1) is 13.8 Å². The van der Waals surface area contributed by atoms with Crippen molar-refractivity contribution in [3.05, 3.63) is 58.1 Å². The summed E-state index contributed by atoms with van der Waals surface area (Å²) >= 11 is 6.32. The monoisotopic (exact) mass is 303 g/mol. The number of rotatable bonds is 5. The van der Waals surface area contributed by atoms with E-state index >= 15 is 0 Å². The molecule has 0 radical (unpaired) electrons. The molecule has 3 heteroatoms. The smallest absolute Gasteiger partial charge is 0.128 e. The summed E-state index contributed by atoms with van der Waals surface area (Å²) in [5.74, 6) is 1.58. The number of hydrogen-bond donors (Lipinski definition) is 1. The Morgan fingerprint density at radius 3 is 2.29 bits per heavy atom. The van der Waals surface area contributed by atoms with Gasteiger partial charge in [-0.1, -0.05) is 30.7 Å². The van der Waals surface area contributed by atoms with Crippen molar-refractivity contribution in [1.29, 1.82) is 0 Å². The van der Waals surface area contributed by atoms with Crippen LogP contribution in [0.15, 0.2) is 36.4 Å². The van der Waals surface area contributed by atoms with Crippen LogP contribution in [0.25, 0.3) is 0 Å². The maximum atomic E-state index is 6.32. The number of ether oxygens (including phenoxy) is 1. The molecule has 2 N–H and O–H groups in total. The van der Waals surface area contributed by atoms with E-state index in [0.717, 1.165) is 29.9 Å². The molecule has 0 aliphatic rings. The van der Waals surface area contributed by atoms with Gasteiger partial charge >= 0.3 is 0 Å². The maximum absolute atomic E-state index is 6.32. The van der Waals surface area contributed by atoms with Crippen molar-refractivity contribution in [3.63, 3.8) is 0 Å². The number of hydrogen-bond acceptors (Lipinski definition) is 2. The first-order valence-electron chi connectivity index (χ1n) is 7.28. The van der Waals surface area contributed by atoms with E-state index in [0.29, 0.717) is 5.02 Å². The first kappa shape index (κ1) is 15.9. The Balaban J connectivity index is 2.16. The van der Waals surface area contributed by atoms with E-state index in [9.17, 15) is 0 Å². The fourth-order valence-corrected chi connectivity index (χ4v) is 2.56. The Labute approximate surface area is 131 Å². The van der Waals surface area contributed by atoms with Crippen LogP contribution in [0.1, 0.15) is 30.0 Å². The number of nitrogens with two attached hydrogens (primary N) is 1. The zero-order valence-electron chi connectivity index (χ0n) is 12.8. The van der Waals surface area contributed by atoms with Crippen LogP contribution < -0.4 is 10.5 Å². The van der Waals surface area contributed by atoms with Gasteiger partial charge in [-0.15, -0.1) is 0 Å². The van der Waals surface area contributed by atoms with E-state index in [2.05, 4.69) is 26.8 Å². The minimum atomic E-state index is 0.147. The highest BCUT2D eigenvalue weighted by molar-refractivity contribution is 6.31. The summed E-state index contributed by atoms with van der Waals surface area (Å²) in [6, 6.07) is 12.1. The highest BCUT2D eigenvalue weighted by Crippen LogP contribution is 2.28. The van der Waals surface area contributed by atoms with Crippen LogP contribution >= 0.6 is 11.6 Å². The molecule has 1 unspecified atom stereocenters. The van der Waals surface area contributed by atoms with Gasteiger partial charge in [0.25, 0.3) is 0 Å². The van der Waals surface area contributed by atoms with Gasteiger partial charge in [0.1, 0.15) is 11.5 Å². The lowest BCUT2D eigenvalue weighted by Gasteiger charge is -2.12. The molecule has 2 aromatic carbocycles. The zero-order chi connectivity index (χ0) is 15.4. The van der Waals surface area contributed by atoms with Crippen molar-refractivity contribution in [3.8, 4) is 11.5 Å². The summed E-state index contributed by atoms with van der Waals surface area (Å²) in [6.45, 7) is 6.19. The zero-order valence-corrected chi connectivity index (χ0v) is 13.6. The van der Waals surface area contributed by atoms with Gasteiger partial charge in [-0.05, 0) is 67.6 Å². The predicted molar refractivity (Wildman–Crippen MR) is 89.4 cm³/mol. The van der Waals surface area contributed by atoms with Crippen molar-refractivity contribution in [2.75, 3.05) is 0 Å². The van der Waals surface area contributed by atoms with Crippen molar-refractivity contribution < 1.29 is 4.74 Å². The molecule has 0 fully saturated rings. The van der Waals surface area contributed by atoms with Gasteiger partial charge in [0.15, 0.2) is 0 Å². The molecule has 0 spiro atoms. The van der Waals surface area contributed by atoms with Crippen LogP contribution in [0.4, 0.5) is 0 Å². The van der Waals surface area contributed by atoms with E-state index in [-0.39, 0.29) is 6.04 Å². The second-order valence-electron chi connectivity index (χ2n) is 5.55. The van der Waals surface area contributed by atoms with Crippen LogP contribution in [0.2, 0.25) is 5.02 Å². The Bertz CT molecular complexity index is 604. The minimum absolute atomic E-state index is 0.147. The lowest BCUT2D eigenvalue weighted by molar-refractivity contribution is 0.481. The molecule has 1 atom stereocenters. The van der Waals surface area contributed by atoms with E-state index in [1.54, 1.807) is 0 Å². The molecule has 0 heterocycles. The van der Waals surface area contributed by atoms with E-state index < -0.39 is 0 Å². The maximum Gasteiger partial charge on any atom is 0.128 e. The average Bonchev–Trinajstić information content (AvgIpc) is 2.40. The van der Waals surface area contributed by atoms with Crippen molar-refractivity contribution in [2.45, 2.75) is 39.7 Å². The molecule has 0 saturated heterocycles. The summed E-state index contributed by atoms with van der Waals surface area (Å²) in [5.41, 5.74) is 9.41. The molecule has 0 aliphatic carbocycles. The Morgan fingerprint density at radius 1 is 1.05 bits per heavy atom. The Morgan fingerprint density at radius 2 is 1.71 bits per heavy atom. The molecular weight excluding hydrogens is 282 g/mol. The second kappa shape index (κ2) is 6.97. The highest BCUT2D eigenvalue weighted by atomic mass is 35.5. The van der Waals surface area contributed by atoms with Gasteiger partial charge in [0.2, 0.25) is 0 Å². The third-order valence-electron chi connectivity index (χ3n) is 3.46. The van der Waals surface area contributed by atoms with Crippen molar-refractivity contribution in [2.24, 2.45) is 5.73 Å². The normalized spacial score (nSPS) is 12.2. The second-order valence-corrected chi connectivity index (χ2v) is 5.96. The van der Waals surface area contributed by atoms with Gasteiger partial charge < -0.3 is 10.5 Å². The molecule has 0 aliphatic heterocycles. The first-order chi connectivity index (χ1) is 9.97. The number of benzene rings is 2. The SMILES string of the molecule is CCC(N)Cc1ccc(Oc2cc(C)cc(C)c2)cc1Cl. The summed E-state index contributed by atoms with van der Waals surface area (Å²) in [7, 11) is 0. The topological polar surface area (TPSA) is 35.2 Å². The summed E-state index contributed by atoms with van der Waals surface area (Å²) in [6.07, 6.45) is 1.73. The molecule has 2 aromatic rings.